The van der Waals surface area contributed by atoms with E-state index in [1.807, 2.05) is 0 Å². The van der Waals surface area contributed by atoms with Gasteiger partial charge in [-0.3, -0.25) is 9.78 Å². The minimum Gasteiger partial charge on any atom is -0.492 e. The fourth-order valence-corrected chi connectivity index (χ4v) is 1.77. The number of likely N-dealkylation sites (N-methyl/N-ethyl adjacent to an activating group) is 1. The number of rotatable bonds is 5. The Morgan fingerprint density at radius 3 is 2.50 bits per heavy atom. The predicted octanol–water partition coefficient (Wildman–Crippen LogP) is 2.89. The van der Waals surface area contributed by atoms with E-state index < -0.39 is 0 Å². The molecule has 0 fully saturated rings. The van der Waals surface area contributed by atoms with Crippen LogP contribution in [0.15, 0.2) is 48.8 Å². The molecule has 0 unspecified atom stereocenters. The average molecular weight is 291 g/mol. The SMILES string of the molecule is CN(CCOc1ccc(Cl)cc1)C(=O)c1ccncc1. The Labute approximate surface area is 123 Å². The van der Waals surface area contributed by atoms with Crippen molar-refractivity contribution in [2.24, 2.45) is 0 Å². The van der Waals surface area contributed by atoms with Gasteiger partial charge in [0.2, 0.25) is 0 Å². The maximum Gasteiger partial charge on any atom is 0.253 e. The van der Waals surface area contributed by atoms with Crippen LogP contribution in [0, 0.1) is 0 Å². The van der Waals surface area contributed by atoms with Gasteiger partial charge in [-0.1, -0.05) is 11.6 Å². The van der Waals surface area contributed by atoms with E-state index in [1.54, 1.807) is 60.7 Å². The van der Waals surface area contributed by atoms with Gasteiger partial charge in [0, 0.05) is 30.0 Å². The Morgan fingerprint density at radius 1 is 1.20 bits per heavy atom. The lowest BCUT2D eigenvalue weighted by atomic mass is 10.2. The quantitative estimate of drug-likeness (QED) is 0.850. The molecule has 0 aliphatic carbocycles. The van der Waals surface area contributed by atoms with Crippen molar-refractivity contribution in [3.8, 4) is 5.75 Å². The summed E-state index contributed by atoms with van der Waals surface area (Å²) in [5.74, 6) is 0.686. The molecule has 0 bridgehead atoms. The number of aromatic nitrogens is 1. The van der Waals surface area contributed by atoms with Crippen LogP contribution in [0.4, 0.5) is 0 Å². The summed E-state index contributed by atoms with van der Waals surface area (Å²) >= 11 is 5.79. The molecule has 2 aromatic rings. The molecule has 0 aliphatic rings. The molecule has 0 atom stereocenters. The molecule has 0 radical (unpaired) electrons. The van der Waals surface area contributed by atoms with Gasteiger partial charge in [-0.25, -0.2) is 0 Å². The van der Waals surface area contributed by atoms with Gasteiger partial charge in [-0.2, -0.15) is 0 Å². The second kappa shape index (κ2) is 6.91. The number of amides is 1. The lowest BCUT2D eigenvalue weighted by Gasteiger charge is -2.17. The van der Waals surface area contributed by atoms with Crippen molar-refractivity contribution in [1.82, 2.24) is 9.88 Å². The number of halogens is 1. The van der Waals surface area contributed by atoms with E-state index >= 15 is 0 Å². The van der Waals surface area contributed by atoms with E-state index in [2.05, 4.69) is 4.98 Å². The van der Waals surface area contributed by atoms with Crippen LogP contribution in [-0.4, -0.2) is 36.0 Å². The number of hydrogen-bond donors (Lipinski definition) is 0. The first-order chi connectivity index (χ1) is 9.66. The summed E-state index contributed by atoms with van der Waals surface area (Å²) < 4.78 is 5.55. The van der Waals surface area contributed by atoms with E-state index in [-0.39, 0.29) is 5.91 Å². The van der Waals surface area contributed by atoms with Gasteiger partial charge in [0.1, 0.15) is 12.4 Å². The lowest BCUT2D eigenvalue weighted by Crippen LogP contribution is -2.30. The molecule has 104 valence electrons. The fourth-order valence-electron chi connectivity index (χ4n) is 1.65. The Balaban J connectivity index is 1.82. The number of ether oxygens (including phenoxy) is 1. The van der Waals surface area contributed by atoms with E-state index in [0.29, 0.717) is 23.7 Å². The average Bonchev–Trinajstić information content (AvgIpc) is 2.49. The number of benzene rings is 1. The third kappa shape index (κ3) is 3.96. The smallest absolute Gasteiger partial charge is 0.253 e. The summed E-state index contributed by atoms with van der Waals surface area (Å²) in [6.07, 6.45) is 3.20. The lowest BCUT2D eigenvalue weighted by molar-refractivity contribution is 0.0773. The first-order valence-electron chi connectivity index (χ1n) is 6.20. The van der Waals surface area contributed by atoms with Crippen LogP contribution in [0.5, 0.6) is 5.75 Å². The summed E-state index contributed by atoms with van der Waals surface area (Å²) in [6, 6.07) is 10.5. The molecule has 1 amide bonds. The van der Waals surface area contributed by atoms with Crippen LogP contribution < -0.4 is 4.74 Å². The number of carbonyl (C=O) groups excluding carboxylic acids is 1. The van der Waals surface area contributed by atoms with Crippen molar-refractivity contribution < 1.29 is 9.53 Å². The Morgan fingerprint density at radius 2 is 1.85 bits per heavy atom. The van der Waals surface area contributed by atoms with Crippen LogP contribution >= 0.6 is 11.6 Å². The summed E-state index contributed by atoms with van der Waals surface area (Å²) in [5.41, 5.74) is 0.619. The van der Waals surface area contributed by atoms with E-state index in [1.165, 1.54) is 0 Å². The third-order valence-corrected chi connectivity index (χ3v) is 3.04. The van der Waals surface area contributed by atoms with Crippen LogP contribution in [-0.2, 0) is 0 Å². The van der Waals surface area contributed by atoms with Gasteiger partial charge >= 0.3 is 0 Å². The monoisotopic (exact) mass is 290 g/mol. The second-order valence-corrected chi connectivity index (χ2v) is 4.70. The Hall–Kier alpha value is -2.07. The molecule has 1 aromatic carbocycles. The topological polar surface area (TPSA) is 42.4 Å². The first-order valence-corrected chi connectivity index (χ1v) is 6.58. The fraction of sp³-hybridized carbons (Fsp3) is 0.200. The van der Waals surface area contributed by atoms with Gasteiger partial charge < -0.3 is 9.64 Å². The molecule has 0 saturated heterocycles. The molecule has 5 heteroatoms. The zero-order valence-corrected chi connectivity index (χ0v) is 11.9. The molecule has 0 aliphatic heterocycles. The van der Waals surface area contributed by atoms with Crippen molar-refractivity contribution >= 4 is 17.5 Å². The zero-order chi connectivity index (χ0) is 14.4. The van der Waals surface area contributed by atoms with Gasteiger partial charge in [-0.15, -0.1) is 0 Å². The summed E-state index contributed by atoms with van der Waals surface area (Å²) in [7, 11) is 1.74. The largest absolute Gasteiger partial charge is 0.492 e. The van der Waals surface area contributed by atoms with Gasteiger partial charge in [-0.05, 0) is 36.4 Å². The third-order valence-electron chi connectivity index (χ3n) is 2.78. The summed E-state index contributed by atoms with van der Waals surface area (Å²) in [4.78, 5) is 17.6. The highest BCUT2D eigenvalue weighted by molar-refractivity contribution is 6.30. The predicted molar refractivity (Wildman–Crippen MR) is 78.1 cm³/mol. The van der Waals surface area contributed by atoms with Crippen molar-refractivity contribution in [2.75, 3.05) is 20.2 Å². The molecule has 4 nitrogen and oxygen atoms in total. The molecule has 2 rings (SSSR count). The standard InChI is InChI=1S/C15H15ClN2O2/c1-18(15(19)12-6-8-17-9-7-12)10-11-20-14-4-2-13(16)3-5-14/h2-9H,10-11H2,1H3. The zero-order valence-electron chi connectivity index (χ0n) is 11.1. The summed E-state index contributed by atoms with van der Waals surface area (Å²) in [5, 5.41) is 0.669. The number of pyridine rings is 1. The Kier molecular flexibility index (Phi) is 4.96. The van der Waals surface area contributed by atoms with Crippen molar-refractivity contribution in [3.05, 3.63) is 59.4 Å². The van der Waals surface area contributed by atoms with Crippen molar-refractivity contribution in [2.45, 2.75) is 0 Å². The first kappa shape index (κ1) is 14.3. The molecule has 0 N–H and O–H groups in total. The van der Waals surface area contributed by atoms with Crippen LogP contribution in [0.1, 0.15) is 10.4 Å². The Bertz CT molecular complexity index is 558. The molecule has 1 heterocycles. The van der Waals surface area contributed by atoms with Gasteiger partial charge in [0.15, 0.2) is 0 Å². The highest BCUT2D eigenvalue weighted by Gasteiger charge is 2.10. The van der Waals surface area contributed by atoms with E-state index in [0.717, 1.165) is 5.75 Å². The van der Waals surface area contributed by atoms with E-state index in [9.17, 15) is 4.79 Å². The van der Waals surface area contributed by atoms with Crippen molar-refractivity contribution in [3.63, 3.8) is 0 Å². The maximum atomic E-state index is 12.1. The molecule has 0 spiro atoms. The van der Waals surface area contributed by atoms with E-state index in [4.69, 9.17) is 16.3 Å². The second-order valence-electron chi connectivity index (χ2n) is 4.26. The normalized spacial score (nSPS) is 10.1. The molecular weight excluding hydrogens is 276 g/mol. The molecule has 0 saturated carbocycles. The van der Waals surface area contributed by atoms with Crippen molar-refractivity contribution in [1.29, 1.82) is 0 Å². The number of carbonyl (C=O) groups is 1. The van der Waals surface area contributed by atoms with Crippen LogP contribution in [0.2, 0.25) is 5.02 Å². The van der Waals surface area contributed by atoms with Crippen LogP contribution in [0.25, 0.3) is 0 Å². The molecule has 20 heavy (non-hydrogen) atoms. The minimum atomic E-state index is -0.0490. The van der Waals surface area contributed by atoms with Gasteiger partial charge in [0.05, 0.1) is 6.54 Å². The number of hydrogen-bond acceptors (Lipinski definition) is 3. The van der Waals surface area contributed by atoms with Gasteiger partial charge in [0.25, 0.3) is 5.91 Å². The van der Waals surface area contributed by atoms with Crippen LogP contribution in [0.3, 0.4) is 0 Å². The highest BCUT2D eigenvalue weighted by Crippen LogP contribution is 2.15. The number of nitrogens with zero attached hydrogens (tertiary/aromatic N) is 2. The maximum absolute atomic E-state index is 12.1. The minimum absolute atomic E-state index is 0.0490. The summed E-state index contributed by atoms with van der Waals surface area (Å²) in [6.45, 7) is 0.929. The molecule has 1 aromatic heterocycles. The highest BCUT2D eigenvalue weighted by atomic mass is 35.5. The molecular formula is C15H15ClN2O2.